The number of aliphatic hydroxyl groups is 5. The number of unbranched alkanes of at least 4 members (excludes halogenated alkanes) is 20. The van der Waals surface area contributed by atoms with Crippen molar-refractivity contribution in [2.24, 2.45) is 0 Å². The number of hydrogen-bond donors (Lipinski definition) is 6. The van der Waals surface area contributed by atoms with E-state index in [0.29, 0.717) is 13.0 Å². The second-order valence-electron chi connectivity index (χ2n) is 15.2. The largest absolute Gasteiger partial charge is 0.472 e. The molecule has 1 aliphatic rings. The molecule has 0 spiro atoms. The zero-order chi connectivity index (χ0) is 40.6. The quantitative estimate of drug-likeness (QED) is 0.0154. The van der Waals surface area contributed by atoms with Gasteiger partial charge in [-0.2, -0.15) is 0 Å². The van der Waals surface area contributed by atoms with E-state index in [1.165, 1.54) is 103 Å². The van der Waals surface area contributed by atoms with Crippen LogP contribution in [0.15, 0.2) is 24.3 Å². The van der Waals surface area contributed by atoms with Crippen molar-refractivity contribution in [3.05, 3.63) is 24.3 Å². The molecule has 1 fully saturated rings. The Kier molecular flexibility index (Phi) is 31.8. The van der Waals surface area contributed by atoms with E-state index in [1.54, 1.807) is 0 Å². The average molecular weight is 807 g/mol. The van der Waals surface area contributed by atoms with E-state index in [9.17, 15) is 39.8 Å². The molecule has 0 aromatic heterocycles. The highest BCUT2D eigenvalue weighted by Gasteiger charge is 2.51. The van der Waals surface area contributed by atoms with Gasteiger partial charge in [0.05, 0.1) is 13.2 Å². The summed E-state index contributed by atoms with van der Waals surface area (Å²) in [5, 5.41) is 50.0. The van der Waals surface area contributed by atoms with Crippen molar-refractivity contribution in [3.63, 3.8) is 0 Å². The maximum Gasteiger partial charge on any atom is 0.472 e. The predicted molar refractivity (Wildman–Crippen MR) is 216 cm³/mol. The molecule has 324 valence electrons. The lowest BCUT2D eigenvalue weighted by atomic mass is 9.85. The third kappa shape index (κ3) is 26.4. The molecule has 0 amide bonds. The van der Waals surface area contributed by atoms with Crippen molar-refractivity contribution >= 4 is 13.8 Å². The fourth-order valence-corrected chi connectivity index (χ4v) is 7.53. The van der Waals surface area contributed by atoms with Gasteiger partial charge in [0.25, 0.3) is 0 Å². The van der Waals surface area contributed by atoms with Gasteiger partial charge in [-0.1, -0.05) is 147 Å². The second kappa shape index (κ2) is 33.8. The predicted octanol–water partition coefficient (Wildman–Crippen LogP) is 8.14. The van der Waals surface area contributed by atoms with Crippen LogP contribution in [0.1, 0.15) is 174 Å². The third-order valence-corrected chi connectivity index (χ3v) is 11.1. The van der Waals surface area contributed by atoms with Crippen molar-refractivity contribution < 1.29 is 58.3 Å². The summed E-state index contributed by atoms with van der Waals surface area (Å²) in [5.74, 6) is -0.483. The van der Waals surface area contributed by atoms with Gasteiger partial charge in [-0.15, -0.1) is 0 Å². The Morgan fingerprint density at radius 1 is 0.582 bits per heavy atom. The number of hydrogen-bond acceptors (Lipinski definition) is 11. The maximum atomic E-state index is 12.7. The Labute approximate surface area is 332 Å². The van der Waals surface area contributed by atoms with E-state index in [4.69, 9.17) is 18.5 Å². The smallest absolute Gasteiger partial charge is 0.457 e. The minimum atomic E-state index is -5.01. The highest BCUT2D eigenvalue weighted by Crippen LogP contribution is 2.47. The van der Waals surface area contributed by atoms with Gasteiger partial charge in [0, 0.05) is 13.0 Å². The molecule has 0 saturated heterocycles. The number of esters is 1. The molecule has 6 N–H and O–H groups in total. The molecule has 1 aliphatic carbocycles. The maximum absolute atomic E-state index is 12.7. The average Bonchev–Trinajstić information content (AvgIpc) is 3.17. The highest BCUT2D eigenvalue weighted by molar-refractivity contribution is 7.47. The zero-order valence-corrected chi connectivity index (χ0v) is 35.1. The Bertz CT molecular complexity index is 1010. The Hall–Kier alpha value is -1.18. The first-order valence-electron chi connectivity index (χ1n) is 21.7. The van der Waals surface area contributed by atoms with E-state index in [2.05, 4.69) is 38.2 Å². The van der Waals surface area contributed by atoms with E-state index in [0.717, 1.165) is 44.9 Å². The monoisotopic (exact) mass is 807 g/mol. The van der Waals surface area contributed by atoms with Gasteiger partial charge in [-0.25, -0.2) is 4.57 Å². The standard InChI is InChI=1S/C42H79O12P/c1-3-5-7-9-11-13-14-15-16-17-18-19-20-21-22-23-24-26-28-30-32-51-33-35(53-36(43)31-29-27-25-12-10-8-6-4-2)34-52-55(49,50)54-42-40(47)38(45)37(44)39(46)41(42)48/h11,13,15-16,35,37-42,44-48H,3-10,12,14,17-34H2,1-2H3,(H,49,50)/b13-11-,16-15-. The molecule has 0 bridgehead atoms. The first kappa shape index (κ1) is 51.8. The number of carbonyl (C=O) groups excluding carboxylic acids is 1. The summed E-state index contributed by atoms with van der Waals surface area (Å²) in [5.41, 5.74) is 0. The van der Waals surface area contributed by atoms with Crippen LogP contribution in [0.5, 0.6) is 0 Å². The van der Waals surface area contributed by atoms with Gasteiger partial charge in [0.15, 0.2) is 0 Å². The summed E-state index contributed by atoms with van der Waals surface area (Å²) < 4.78 is 34.0. The van der Waals surface area contributed by atoms with Crippen LogP contribution < -0.4 is 0 Å². The lowest BCUT2D eigenvalue weighted by molar-refractivity contribution is -0.220. The van der Waals surface area contributed by atoms with Gasteiger partial charge in [-0.3, -0.25) is 13.8 Å². The van der Waals surface area contributed by atoms with Crippen molar-refractivity contribution in [1.29, 1.82) is 0 Å². The summed E-state index contributed by atoms with van der Waals surface area (Å²) in [6.45, 7) is 4.18. The topological polar surface area (TPSA) is 192 Å². The second-order valence-corrected chi connectivity index (χ2v) is 16.6. The summed E-state index contributed by atoms with van der Waals surface area (Å²) in [4.78, 5) is 23.0. The summed E-state index contributed by atoms with van der Waals surface area (Å²) in [6, 6.07) is 0. The first-order valence-corrected chi connectivity index (χ1v) is 23.2. The molecule has 0 radical (unpaired) electrons. The van der Waals surface area contributed by atoms with Crippen LogP contribution in [-0.2, 0) is 27.9 Å². The van der Waals surface area contributed by atoms with Crippen LogP contribution in [0.2, 0.25) is 0 Å². The Morgan fingerprint density at radius 2 is 1.02 bits per heavy atom. The molecular formula is C42H79O12P. The molecule has 1 saturated carbocycles. The Balaban J connectivity index is 2.34. The number of ether oxygens (including phenoxy) is 2. The van der Waals surface area contributed by atoms with E-state index < -0.39 is 63.1 Å². The van der Waals surface area contributed by atoms with E-state index in [-0.39, 0.29) is 13.0 Å². The van der Waals surface area contributed by atoms with Gasteiger partial charge < -0.3 is 39.9 Å². The molecule has 1 rings (SSSR count). The fourth-order valence-electron chi connectivity index (χ4n) is 6.56. The van der Waals surface area contributed by atoms with Crippen LogP contribution >= 0.6 is 7.82 Å². The minimum Gasteiger partial charge on any atom is -0.457 e. The molecule has 0 aromatic carbocycles. The summed E-state index contributed by atoms with van der Waals surface area (Å²) >= 11 is 0. The molecule has 6 atom stereocenters. The fraction of sp³-hybridized carbons (Fsp3) is 0.881. The van der Waals surface area contributed by atoms with Gasteiger partial charge in [-0.05, 0) is 44.9 Å². The van der Waals surface area contributed by atoms with Crippen LogP contribution in [0.4, 0.5) is 0 Å². The van der Waals surface area contributed by atoms with Gasteiger partial charge in [0.2, 0.25) is 0 Å². The van der Waals surface area contributed by atoms with Crippen molar-refractivity contribution in [3.8, 4) is 0 Å². The molecule has 13 heteroatoms. The molecule has 6 unspecified atom stereocenters. The van der Waals surface area contributed by atoms with Crippen LogP contribution in [-0.4, -0.2) is 98.9 Å². The first-order chi connectivity index (χ1) is 26.5. The van der Waals surface area contributed by atoms with E-state index in [1.807, 2.05) is 0 Å². The van der Waals surface area contributed by atoms with Gasteiger partial charge in [0.1, 0.15) is 42.7 Å². The zero-order valence-electron chi connectivity index (χ0n) is 34.2. The highest BCUT2D eigenvalue weighted by atomic mass is 31.2. The number of phosphoric ester groups is 1. The van der Waals surface area contributed by atoms with Crippen LogP contribution in [0.25, 0.3) is 0 Å². The molecule has 0 aliphatic heterocycles. The van der Waals surface area contributed by atoms with Crippen molar-refractivity contribution in [2.75, 3.05) is 19.8 Å². The lowest BCUT2D eigenvalue weighted by Crippen LogP contribution is -2.64. The number of allylic oxidation sites excluding steroid dienone is 4. The SMILES string of the molecule is CCCCC/C=C\C/C=C\CCCCCCCCCCCCOCC(COP(=O)(O)OC1C(O)C(O)C(O)C(O)C1O)OC(=O)CCCCCCCCCC. The van der Waals surface area contributed by atoms with Crippen molar-refractivity contribution in [1.82, 2.24) is 0 Å². The lowest BCUT2D eigenvalue weighted by Gasteiger charge is -2.41. The summed E-state index contributed by atoms with van der Waals surface area (Å²) in [6.07, 6.45) is 24.2. The Morgan fingerprint density at radius 3 is 1.56 bits per heavy atom. The minimum absolute atomic E-state index is 0.0760. The van der Waals surface area contributed by atoms with Crippen LogP contribution in [0.3, 0.4) is 0 Å². The third-order valence-electron chi connectivity index (χ3n) is 10.1. The molecule has 0 aromatic rings. The molecule has 0 heterocycles. The molecule has 12 nitrogen and oxygen atoms in total. The molecule has 55 heavy (non-hydrogen) atoms. The normalized spacial score (nSPS) is 23.4. The number of carbonyl (C=O) groups is 1. The van der Waals surface area contributed by atoms with Crippen LogP contribution in [0, 0.1) is 0 Å². The molecular weight excluding hydrogens is 727 g/mol. The van der Waals surface area contributed by atoms with Crippen molar-refractivity contribution in [2.45, 2.75) is 217 Å². The van der Waals surface area contributed by atoms with Gasteiger partial charge >= 0.3 is 13.8 Å². The summed E-state index contributed by atoms with van der Waals surface area (Å²) in [7, 11) is -5.01. The number of phosphoric acid groups is 1. The number of aliphatic hydroxyl groups excluding tert-OH is 5. The number of rotatable bonds is 36. The van der Waals surface area contributed by atoms with E-state index >= 15 is 0 Å².